The minimum atomic E-state index is -0.503. The minimum absolute atomic E-state index is 0.0894. The minimum Gasteiger partial charge on any atom is -0.495 e. The average molecular weight is 409 g/mol. The summed E-state index contributed by atoms with van der Waals surface area (Å²) in [6.07, 6.45) is 0. The van der Waals surface area contributed by atoms with Crippen molar-refractivity contribution in [2.75, 3.05) is 17.7 Å². The monoisotopic (exact) mass is 408 g/mol. The third-order valence-electron chi connectivity index (χ3n) is 4.24. The highest BCUT2D eigenvalue weighted by Gasteiger charge is 2.22. The average Bonchev–Trinajstić information content (AvgIpc) is 3.13. The Morgan fingerprint density at radius 2 is 1.55 bits per heavy atom. The van der Waals surface area contributed by atoms with Crippen LogP contribution in [-0.2, 0) is 4.79 Å². The second-order valence-corrected chi connectivity index (χ2v) is 8.67. The molecule has 0 bridgehead atoms. The Hall–Kier alpha value is -3.12. The summed E-state index contributed by atoms with van der Waals surface area (Å²) in [6, 6.07) is 18.8. The molecule has 0 fully saturated rings. The van der Waals surface area contributed by atoms with E-state index >= 15 is 0 Å². The first-order chi connectivity index (χ1) is 13.8. The van der Waals surface area contributed by atoms with Crippen molar-refractivity contribution in [2.45, 2.75) is 20.8 Å². The van der Waals surface area contributed by atoms with E-state index in [1.165, 1.54) is 11.3 Å². The molecule has 1 aromatic heterocycles. The standard InChI is InChI=1S/C23H24N2O3S/c1-23(2,3)22(27)25-17-12-8-11-16(13-17)24-21(26)20-18(28-4)14-19(29-20)15-9-6-5-7-10-15/h5-14H,1-4H3,(H,24,26)(H,25,27). The zero-order chi connectivity index (χ0) is 21.0. The lowest BCUT2D eigenvalue weighted by Gasteiger charge is -2.18. The normalized spacial score (nSPS) is 11.0. The number of rotatable bonds is 5. The molecule has 3 rings (SSSR count). The fourth-order valence-electron chi connectivity index (χ4n) is 2.61. The topological polar surface area (TPSA) is 67.4 Å². The van der Waals surface area contributed by atoms with Crippen LogP contribution in [0.5, 0.6) is 5.75 Å². The molecule has 0 spiro atoms. The Balaban J connectivity index is 1.79. The molecule has 150 valence electrons. The molecular weight excluding hydrogens is 384 g/mol. The lowest BCUT2D eigenvalue weighted by molar-refractivity contribution is -0.123. The number of hydrogen-bond donors (Lipinski definition) is 2. The largest absolute Gasteiger partial charge is 0.495 e. The SMILES string of the molecule is COc1cc(-c2ccccc2)sc1C(=O)Nc1cccc(NC(=O)C(C)(C)C)c1. The van der Waals surface area contributed by atoms with E-state index in [0.717, 1.165) is 10.4 Å². The van der Waals surface area contributed by atoms with Crippen molar-refractivity contribution < 1.29 is 14.3 Å². The van der Waals surface area contributed by atoms with Crippen LogP contribution in [0.2, 0.25) is 0 Å². The van der Waals surface area contributed by atoms with Gasteiger partial charge in [-0.05, 0) is 29.8 Å². The Kier molecular flexibility index (Phi) is 6.03. The summed E-state index contributed by atoms with van der Waals surface area (Å²) in [6.45, 7) is 5.55. The molecule has 5 nitrogen and oxygen atoms in total. The smallest absolute Gasteiger partial charge is 0.269 e. The fourth-order valence-corrected chi connectivity index (χ4v) is 3.64. The van der Waals surface area contributed by atoms with E-state index in [1.54, 1.807) is 31.4 Å². The number of amides is 2. The number of methoxy groups -OCH3 is 1. The van der Waals surface area contributed by atoms with Gasteiger partial charge in [0, 0.05) is 21.7 Å². The van der Waals surface area contributed by atoms with Gasteiger partial charge in [-0.25, -0.2) is 0 Å². The Bertz CT molecular complexity index is 1020. The summed E-state index contributed by atoms with van der Waals surface area (Å²) >= 11 is 1.38. The van der Waals surface area contributed by atoms with Crippen LogP contribution in [0, 0.1) is 5.41 Å². The van der Waals surface area contributed by atoms with E-state index in [1.807, 2.05) is 57.2 Å². The molecule has 1 heterocycles. The predicted molar refractivity (Wildman–Crippen MR) is 119 cm³/mol. The molecule has 0 aliphatic rings. The maximum atomic E-state index is 12.9. The van der Waals surface area contributed by atoms with Crippen LogP contribution in [0.15, 0.2) is 60.7 Å². The zero-order valence-electron chi connectivity index (χ0n) is 16.9. The van der Waals surface area contributed by atoms with E-state index < -0.39 is 5.41 Å². The number of thiophene rings is 1. The van der Waals surface area contributed by atoms with Gasteiger partial charge in [0.1, 0.15) is 10.6 Å². The van der Waals surface area contributed by atoms with Gasteiger partial charge in [-0.1, -0.05) is 57.2 Å². The van der Waals surface area contributed by atoms with Crippen LogP contribution in [0.3, 0.4) is 0 Å². The molecule has 0 aliphatic carbocycles. The van der Waals surface area contributed by atoms with Crippen molar-refractivity contribution in [3.05, 3.63) is 65.5 Å². The van der Waals surface area contributed by atoms with Crippen molar-refractivity contribution in [3.8, 4) is 16.2 Å². The van der Waals surface area contributed by atoms with Crippen LogP contribution in [-0.4, -0.2) is 18.9 Å². The van der Waals surface area contributed by atoms with Crippen LogP contribution < -0.4 is 15.4 Å². The number of carbonyl (C=O) groups excluding carboxylic acids is 2. The summed E-state index contributed by atoms with van der Waals surface area (Å²) in [4.78, 5) is 26.5. The lowest BCUT2D eigenvalue weighted by Crippen LogP contribution is -2.27. The maximum absolute atomic E-state index is 12.9. The molecule has 2 amide bonds. The Labute approximate surface area is 174 Å². The summed E-state index contributed by atoms with van der Waals surface area (Å²) in [5, 5.41) is 5.76. The summed E-state index contributed by atoms with van der Waals surface area (Å²) in [5.41, 5.74) is 1.75. The molecule has 0 atom stereocenters. The van der Waals surface area contributed by atoms with E-state index in [9.17, 15) is 9.59 Å². The third kappa shape index (κ3) is 5.03. The van der Waals surface area contributed by atoms with Crippen molar-refractivity contribution in [2.24, 2.45) is 5.41 Å². The molecule has 0 unspecified atom stereocenters. The lowest BCUT2D eigenvalue weighted by atomic mass is 9.95. The van der Waals surface area contributed by atoms with Crippen molar-refractivity contribution in [3.63, 3.8) is 0 Å². The van der Waals surface area contributed by atoms with Crippen LogP contribution in [0.25, 0.3) is 10.4 Å². The first-order valence-electron chi connectivity index (χ1n) is 9.24. The molecule has 0 saturated heterocycles. The number of nitrogens with one attached hydrogen (secondary N) is 2. The number of benzene rings is 2. The predicted octanol–water partition coefficient (Wildman–Crippen LogP) is 5.66. The Morgan fingerprint density at radius 1 is 0.897 bits per heavy atom. The van der Waals surface area contributed by atoms with Gasteiger partial charge in [-0.2, -0.15) is 0 Å². The third-order valence-corrected chi connectivity index (χ3v) is 5.41. The second kappa shape index (κ2) is 8.49. The molecule has 2 N–H and O–H groups in total. The molecule has 29 heavy (non-hydrogen) atoms. The summed E-state index contributed by atoms with van der Waals surface area (Å²) in [5.74, 6) is 0.185. The van der Waals surface area contributed by atoms with Crippen molar-refractivity contribution in [1.29, 1.82) is 0 Å². The van der Waals surface area contributed by atoms with Crippen LogP contribution >= 0.6 is 11.3 Å². The first kappa shape index (κ1) is 20.6. The number of ether oxygens (including phenoxy) is 1. The van der Waals surface area contributed by atoms with Crippen LogP contribution in [0.4, 0.5) is 11.4 Å². The van der Waals surface area contributed by atoms with Crippen molar-refractivity contribution in [1.82, 2.24) is 0 Å². The first-order valence-corrected chi connectivity index (χ1v) is 10.1. The van der Waals surface area contributed by atoms with Gasteiger partial charge in [0.15, 0.2) is 0 Å². The second-order valence-electron chi connectivity index (χ2n) is 7.61. The molecule has 0 aliphatic heterocycles. The van der Waals surface area contributed by atoms with E-state index in [4.69, 9.17) is 4.74 Å². The highest BCUT2D eigenvalue weighted by Crippen LogP contribution is 2.36. The number of carbonyl (C=O) groups is 2. The van der Waals surface area contributed by atoms with Crippen molar-refractivity contribution >= 4 is 34.5 Å². The molecule has 2 aromatic carbocycles. The highest BCUT2D eigenvalue weighted by molar-refractivity contribution is 7.17. The van der Waals surface area contributed by atoms with Gasteiger partial charge in [0.05, 0.1) is 7.11 Å². The van der Waals surface area contributed by atoms with Crippen LogP contribution in [0.1, 0.15) is 30.4 Å². The van der Waals surface area contributed by atoms with Gasteiger partial charge in [0.2, 0.25) is 5.91 Å². The zero-order valence-corrected chi connectivity index (χ0v) is 17.7. The highest BCUT2D eigenvalue weighted by atomic mass is 32.1. The van der Waals surface area contributed by atoms with Gasteiger partial charge >= 0.3 is 0 Å². The van der Waals surface area contributed by atoms with E-state index in [-0.39, 0.29) is 11.8 Å². The molecular formula is C23H24N2O3S. The summed E-state index contributed by atoms with van der Waals surface area (Å²) in [7, 11) is 1.55. The number of anilines is 2. The summed E-state index contributed by atoms with van der Waals surface area (Å²) < 4.78 is 5.41. The van der Waals surface area contributed by atoms with Gasteiger partial charge < -0.3 is 15.4 Å². The quantitative estimate of drug-likeness (QED) is 0.572. The maximum Gasteiger partial charge on any atom is 0.269 e. The van der Waals surface area contributed by atoms with E-state index in [0.29, 0.717) is 22.0 Å². The van der Waals surface area contributed by atoms with Gasteiger partial charge in [0.25, 0.3) is 5.91 Å². The molecule has 0 saturated carbocycles. The van der Waals surface area contributed by atoms with Gasteiger partial charge in [-0.3, -0.25) is 9.59 Å². The molecule has 0 radical (unpaired) electrons. The molecule has 3 aromatic rings. The van der Waals surface area contributed by atoms with Gasteiger partial charge in [-0.15, -0.1) is 11.3 Å². The Morgan fingerprint density at radius 3 is 2.17 bits per heavy atom. The number of hydrogen-bond acceptors (Lipinski definition) is 4. The van der Waals surface area contributed by atoms with E-state index in [2.05, 4.69) is 10.6 Å². The molecule has 6 heteroatoms. The fraction of sp³-hybridized carbons (Fsp3) is 0.217.